The fraction of sp³-hybridized carbons (Fsp3) is 0.280. The molecule has 0 aliphatic heterocycles. The largest absolute Gasteiger partial charge is 0.372 e. The molecule has 1 unspecified atom stereocenters. The van der Waals surface area contributed by atoms with Crippen LogP contribution in [0.3, 0.4) is 0 Å². The molecule has 0 aliphatic rings. The van der Waals surface area contributed by atoms with Crippen molar-refractivity contribution in [1.29, 1.82) is 10.5 Å². The highest BCUT2D eigenvalue weighted by Crippen LogP contribution is 2.31. The summed E-state index contributed by atoms with van der Waals surface area (Å²) in [6.07, 6.45) is 2.09. The van der Waals surface area contributed by atoms with Gasteiger partial charge in [-0.2, -0.15) is 10.5 Å². The lowest BCUT2D eigenvalue weighted by Crippen LogP contribution is -2.31. The van der Waals surface area contributed by atoms with E-state index < -0.39 is 58.1 Å². The number of nitrogens with zero attached hydrogens (tertiary/aromatic N) is 3. The third-order valence-corrected chi connectivity index (χ3v) is 5.24. The zero-order valence-corrected chi connectivity index (χ0v) is 18.8. The number of hydrogen-bond acceptors (Lipinski definition) is 3. The Morgan fingerprint density at radius 2 is 1.46 bits per heavy atom. The van der Waals surface area contributed by atoms with Crippen molar-refractivity contribution in [3.8, 4) is 12.1 Å². The highest BCUT2D eigenvalue weighted by atomic mass is 19.2. The van der Waals surface area contributed by atoms with Gasteiger partial charge in [-0.1, -0.05) is 24.3 Å². The van der Waals surface area contributed by atoms with Gasteiger partial charge in [0.05, 0.1) is 5.56 Å². The van der Waals surface area contributed by atoms with Gasteiger partial charge in [0, 0.05) is 30.8 Å². The van der Waals surface area contributed by atoms with E-state index in [1.165, 1.54) is 25.1 Å². The maximum atomic E-state index is 14.3. The van der Waals surface area contributed by atoms with Crippen LogP contribution in [0.25, 0.3) is 11.6 Å². The van der Waals surface area contributed by atoms with Crippen molar-refractivity contribution in [1.82, 2.24) is 0 Å². The molecule has 1 atom stereocenters. The SMILES string of the molecule is CCN(CCC(C)(F)CF)c1ccc(/C=C/C(=C(C#N)C#N)c2c(F)c(F)c(F)c(F)c2F)cc1. The van der Waals surface area contributed by atoms with Crippen molar-refractivity contribution < 1.29 is 30.7 Å². The first-order valence-electron chi connectivity index (χ1n) is 10.4. The van der Waals surface area contributed by atoms with E-state index in [0.29, 0.717) is 17.8 Å². The predicted octanol–water partition coefficient (Wildman–Crippen LogP) is 6.81. The third-order valence-electron chi connectivity index (χ3n) is 5.24. The molecule has 0 aromatic heterocycles. The third kappa shape index (κ3) is 6.21. The second kappa shape index (κ2) is 11.6. The maximum Gasteiger partial charge on any atom is 0.200 e. The molecule has 0 amide bonds. The fourth-order valence-electron chi connectivity index (χ4n) is 3.16. The second-order valence-corrected chi connectivity index (χ2v) is 7.76. The predicted molar refractivity (Wildman–Crippen MR) is 118 cm³/mol. The van der Waals surface area contributed by atoms with Crippen LogP contribution in [0.5, 0.6) is 0 Å². The highest BCUT2D eigenvalue weighted by Gasteiger charge is 2.28. The molecule has 2 rings (SSSR count). The number of allylic oxidation sites excluding steroid dienone is 3. The number of alkyl halides is 2. The molecule has 0 radical (unpaired) electrons. The van der Waals surface area contributed by atoms with Crippen molar-refractivity contribution in [3.05, 3.63) is 76.1 Å². The van der Waals surface area contributed by atoms with E-state index in [-0.39, 0.29) is 13.0 Å². The Morgan fingerprint density at radius 3 is 1.91 bits per heavy atom. The van der Waals surface area contributed by atoms with Gasteiger partial charge in [0.2, 0.25) is 5.82 Å². The molecule has 3 nitrogen and oxygen atoms in total. The van der Waals surface area contributed by atoms with Gasteiger partial charge in [0.15, 0.2) is 23.3 Å². The van der Waals surface area contributed by atoms with Crippen molar-refractivity contribution in [2.45, 2.75) is 25.9 Å². The van der Waals surface area contributed by atoms with Gasteiger partial charge in [0.25, 0.3) is 0 Å². The average molecular weight is 495 g/mol. The first-order valence-corrected chi connectivity index (χ1v) is 10.4. The molecular formula is C25H20F7N3. The number of hydrogen-bond donors (Lipinski definition) is 0. The smallest absolute Gasteiger partial charge is 0.200 e. The summed E-state index contributed by atoms with van der Waals surface area (Å²) in [5.74, 6) is -11.1. The van der Waals surface area contributed by atoms with E-state index in [1.807, 2.05) is 6.92 Å². The summed E-state index contributed by atoms with van der Waals surface area (Å²) >= 11 is 0. The van der Waals surface area contributed by atoms with Crippen LogP contribution in [-0.4, -0.2) is 25.4 Å². The summed E-state index contributed by atoms with van der Waals surface area (Å²) in [6.45, 7) is 2.62. The van der Waals surface area contributed by atoms with Gasteiger partial charge < -0.3 is 4.90 Å². The summed E-state index contributed by atoms with van der Waals surface area (Å²) in [5.41, 5.74) is -3.92. The van der Waals surface area contributed by atoms with Gasteiger partial charge in [-0.25, -0.2) is 30.7 Å². The summed E-state index contributed by atoms with van der Waals surface area (Å²) in [4.78, 5) is 1.80. The van der Waals surface area contributed by atoms with Gasteiger partial charge in [-0.05, 0) is 31.5 Å². The molecule has 0 saturated carbocycles. The molecule has 0 N–H and O–H groups in total. The minimum atomic E-state index is -2.36. The van der Waals surface area contributed by atoms with Gasteiger partial charge in [0.1, 0.15) is 30.1 Å². The Hall–Kier alpha value is -3.79. The average Bonchev–Trinajstić information content (AvgIpc) is 2.86. The van der Waals surface area contributed by atoms with Crippen LogP contribution in [0, 0.1) is 51.7 Å². The molecule has 2 aromatic carbocycles. The first-order chi connectivity index (χ1) is 16.5. The minimum Gasteiger partial charge on any atom is -0.372 e. The van der Waals surface area contributed by atoms with E-state index >= 15 is 0 Å². The normalized spacial score (nSPS) is 12.7. The van der Waals surface area contributed by atoms with E-state index in [0.717, 1.165) is 6.08 Å². The van der Waals surface area contributed by atoms with Crippen LogP contribution in [0.1, 0.15) is 31.4 Å². The molecule has 35 heavy (non-hydrogen) atoms. The topological polar surface area (TPSA) is 50.8 Å². The van der Waals surface area contributed by atoms with Gasteiger partial charge in [-0.15, -0.1) is 0 Å². The molecule has 2 aromatic rings. The maximum absolute atomic E-state index is 14.3. The minimum absolute atomic E-state index is 0.0415. The molecule has 0 bridgehead atoms. The Morgan fingerprint density at radius 1 is 0.943 bits per heavy atom. The van der Waals surface area contributed by atoms with E-state index in [9.17, 15) is 30.7 Å². The lowest BCUT2D eigenvalue weighted by Gasteiger charge is -2.26. The zero-order chi connectivity index (χ0) is 26.3. The number of rotatable bonds is 9. The zero-order valence-electron chi connectivity index (χ0n) is 18.8. The lowest BCUT2D eigenvalue weighted by atomic mass is 9.97. The Labute approximate surface area is 198 Å². The van der Waals surface area contributed by atoms with Crippen molar-refractivity contribution in [2.75, 3.05) is 24.7 Å². The van der Waals surface area contributed by atoms with Crippen molar-refractivity contribution in [2.24, 2.45) is 0 Å². The first kappa shape index (κ1) is 27.5. The Balaban J connectivity index is 2.43. The van der Waals surface area contributed by atoms with Crippen molar-refractivity contribution >= 4 is 17.3 Å². The van der Waals surface area contributed by atoms with Crippen LogP contribution in [-0.2, 0) is 0 Å². The highest BCUT2D eigenvalue weighted by molar-refractivity contribution is 5.86. The van der Waals surface area contributed by atoms with E-state index in [4.69, 9.17) is 10.5 Å². The van der Waals surface area contributed by atoms with Crippen LogP contribution in [0.2, 0.25) is 0 Å². The van der Waals surface area contributed by atoms with Gasteiger partial charge >= 0.3 is 0 Å². The molecule has 0 aliphatic carbocycles. The Kier molecular flexibility index (Phi) is 9.07. The quantitative estimate of drug-likeness (QED) is 0.126. The van der Waals surface area contributed by atoms with E-state index in [2.05, 4.69) is 0 Å². The second-order valence-electron chi connectivity index (χ2n) is 7.76. The summed E-state index contributed by atoms with van der Waals surface area (Å²) in [5, 5.41) is 18.3. The summed E-state index contributed by atoms with van der Waals surface area (Å²) < 4.78 is 96.0. The fourth-order valence-corrected chi connectivity index (χ4v) is 3.16. The van der Waals surface area contributed by atoms with Gasteiger partial charge in [-0.3, -0.25) is 0 Å². The summed E-state index contributed by atoms with van der Waals surface area (Å²) in [7, 11) is 0. The lowest BCUT2D eigenvalue weighted by molar-refractivity contribution is 0.133. The molecular weight excluding hydrogens is 475 g/mol. The Bertz CT molecular complexity index is 1170. The van der Waals surface area contributed by atoms with Crippen LogP contribution in [0.4, 0.5) is 36.4 Å². The molecule has 0 fully saturated rings. The summed E-state index contributed by atoms with van der Waals surface area (Å²) in [6, 6.07) is 9.13. The monoisotopic (exact) mass is 495 g/mol. The standard InChI is InChI=1S/C25H20F7N3/c1-3-35(11-10-25(2,32)14-26)17-7-4-15(5-8-17)6-9-18(16(12-33)13-34)19-20(27)22(29)24(31)23(30)21(19)28/h4-9H,3,10-11,14H2,1-2H3/b9-6+. The molecule has 0 heterocycles. The number of benzene rings is 2. The van der Waals surface area contributed by atoms with Crippen LogP contribution < -0.4 is 4.90 Å². The molecule has 184 valence electrons. The molecule has 10 heteroatoms. The van der Waals surface area contributed by atoms with Crippen molar-refractivity contribution in [3.63, 3.8) is 0 Å². The number of nitriles is 2. The number of anilines is 1. The molecule has 0 saturated heterocycles. The number of halogens is 7. The molecule has 0 spiro atoms. The van der Waals surface area contributed by atoms with Crippen LogP contribution in [0.15, 0.2) is 35.9 Å². The van der Waals surface area contributed by atoms with E-state index in [1.54, 1.807) is 29.2 Å². The van der Waals surface area contributed by atoms with Crippen LogP contribution >= 0.6 is 0 Å².